The zero-order valence-corrected chi connectivity index (χ0v) is 20.0. The lowest BCUT2D eigenvalue weighted by Crippen LogP contribution is -2.50. The smallest absolute Gasteiger partial charge is 0.176 e. The van der Waals surface area contributed by atoms with Gasteiger partial charge in [0, 0.05) is 5.92 Å². The van der Waals surface area contributed by atoms with Gasteiger partial charge in [0.05, 0.1) is 40.2 Å². The second-order valence-electron chi connectivity index (χ2n) is 10.2. The van der Waals surface area contributed by atoms with Crippen LogP contribution in [0.15, 0.2) is 42.2 Å². The van der Waals surface area contributed by atoms with E-state index < -0.39 is 10.8 Å². The summed E-state index contributed by atoms with van der Waals surface area (Å²) < 4.78 is 6.45. The van der Waals surface area contributed by atoms with Crippen LogP contribution in [0.2, 0.25) is 0 Å². The van der Waals surface area contributed by atoms with E-state index in [0.717, 1.165) is 41.5 Å². The van der Waals surface area contributed by atoms with E-state index in [4.69, 9.17) is 10.00 Å². The molecule has 33 heavy (non-hydrogen) atoms. The molecule has 5 rings (SSSR count). The number of ketones is 1. The molecule has 2 saturated heterocycles. The van der Waals surface area contributed by atoms with Crippen molar-refractivity contribution in [3.8, 4) is 6.07 Å². The lowest BCUT2D eigenvalue weighted by Gasteiger charge is -2.43. The summed E-state index contributed by atoms with van der Waals surface area (Å²) in [6, 6.07) is 14.1. The number of hydrogen-bond acceptors (Lipinski definition) is 4. The molecule has 170 valence electrons. The van der Waals surface area contributed by atoms with Gasteiger partial charge in [0.15, 0.2) is 5.78 Å². The Kier molecular flexibility index (Phi) is 4.85. The number of aliphatic hydroxyl groups excluding tert-OH is 1. The van der Waals surface area contributed by atoms with Crippen molar-refractivity contribution in [2.45, 2.75) is 72.0 Å². The number of carbonyl (C=O) groups is 1. The van der Waals surface area contributed by atoms with Gasteiger partial charge in [0.25, 0.3) is 0 Å². The van der Waals surface area contributed by atoms with Crippen molar-refractivity contribution >= 4 is 11.4 Å². The Morgan fingerprint density at radius 1 is 1.09 bits per heavy atom. The molecule has 1 N–H and O–H groups in total. The highest BCUT2D eigenvalue weighted by Crippen LogP contribution is 2.71. The van der Waals surface area contributed by atoms with Crippen molar-refractivity contribution in [3.05, 3.63) is 75.5 Å². The van der Waals surface area contributed by atoms with Crippen LogP contribution in [-0.4, -0.2) is 23.1 Å². The summed E-state index contributed by atoms with van der Waals surface area (Å²) in [6.45, 7) is 10.3. The summed E-state index contributed by atoms with van der Waals surface area (Å²) in [5, 5.41) is 21.0. The first-order valence-corrected chi connectivity index (χ1v) is 12.0. The van der Waals surface area contributed by atoms with Crippen LogP contribution in [0, 0.1) is 29.1 Å². The minimum Gasteiger partial charge on any atom is -0.511 e. The maximum absolute atomic E-state index is 14.1. The van der Waals surface area contributed by atoms with E-state index in [-0.39, 0.29) is 29.7 Å². The summed E-state index contributed by atoms with van der Waals surface area (Å²) in [5.41, 5.74) is 4.99. The molecule has 3 aliphatic rings. The van der Waals surface area contributed by atoms with Crippen molar-refractivity contribution in [2.24, 2.45) is 10.8 Å². The molecular formula is C29H31NO3. The largest absolute Gasteiger partial charge is 0.511 e. The fraction of sp³-hybridized carbons (Fsp3) is 0.448. The van der Waals surface area contributed by atoms with Crippen LogP contribution in [0.4, 0.5) is 0 Å². The summed E-state index contributed by atoms with van der Waals surface area (Å²) >= 11 is 0. The minimum absolute atomic E-state index is 0.0153. The Morgan fingerprint density at radius 2 is 1.70 bits per heavy atom. The van der Waals surface area contributed by atoms with Crippen molar-refractivity contribution in [2.75, 3.05) is 0 Å². The van der Waals surface area contributed by atoms with Gasteiger partial charge in [0.2, 0.25) is 0 Å². The third kappa shape index (κ3) is 2.63. The number of nitriles is 1. The monoisotopic (exact) mass is 441 g/mol. The highest BCUT2D eigenvalue weighted by molar-refractivity contribution is 6.28. The zero-order chi connectivity index (χ0) is 23.7. The first-order valence-electron chi connectivity index (χ1n) is 12.0. The van der Waals surface area contributed by atoms with Crippen LogP contribution in [0.25, 0.3) is 5.57 Å². The zero-order valence-electron chi connectivity index (χ0n) is 20.0. The quantitative estimate of drug-likeness (QED) is 0.650. The van der Waals surface area contributed by atoms with Crippen LogP contribution in [0.3, 0.4) is 0 Å². The molecule has 2 aliphatic heterocycles. The molecule has 0 amide bonds. The standard InChI is InChI=1S/C29H31NO3/c1-6-18-12-16(3)13-19(7-2)23(18)24-25(31)28(4)22-14-21(20-10-8-17(15-30)9-11-20)27(33-22)29(28,5)26(24)32/h8-13,21-22,27,32H,6-7,14H2,1-5H3/t21-,22-,27+,28+,29+/m0/s1. The number of fused-ring (bicyclic) bond motifs is 5. The van der Waals surface area contributed by atoms with Crippen LogP contribution >= 0.6 is 0 Å². The Labute approximate surface area is 195 Å². The van der Waals surface area contributed by atoms with E-state index in [1.807, 2.05) is 38.1 Å². The summed E-state index contributed by atoms with van der Waals surface area (Å²) in [7, 11) is 0. The lowest BCUT2D eigenvalue weighted by molar-refractivity contribution is -0.127. The molecule has 4 nitrogen and oxygen atoms in total. The molecule has 0 saturated carbocycles. The number of ether oxygens (including phenoxy) is 1. The number of aliphatic hydroxyl groups is 1. The second-order valence-corrected chi connectivity index (χ2v) is 10.2. The van der Waals surface area contributed by atoms with Crippen LogP contribution in [0.5, 0.6) is 0 Å². The molecule has 2 fully saturated rings. The van der Waals surface area contributed by atoms with Crippen LogP contribution in [0.1, 0.15) is 73.4 Å². The van der Waals surface area contributed by atoms with Gasteiger partial charge in [-0.2, -0.15) is 5.26 Å². The fourth-order valence-corrected chi connectivity index (χ4v) is 6.78. The van der Waals surface area contributed by atoms with Gasteiger partial charge in [-0.25, -0.2) is 0 Å². The number of hydrogen-bond donors (Lipinski definition) is 1. The van der Waals surface area contributed by atoms with E-state index in [1.54, 1.807) is 0 Å². The molecule has 2 aromatic carbocycles. The van der Waals surface area contributed by atoms with E-state index in [2.05, 4.69) is 39.0 Å². The lowest BCUT2D eigenvalue weighted by atomic mass is 9.55. The van der Waals surface area contributed by atoms with E-state index in [1.165, 1.54) is 5.56 Å². The first-order chi connectivity index (χ1) is 15.7. The molecule has 0 unspecified atom stereocenters. The molecule has 0 aromatic heterocycles. The number of rotatable bonds is 4. The topological polar surface area (TPSA) is 70.3 Å². The van der Waals surface area contributed by atoms with Gasteiger partial charge >= 0.3 is 0 Å². The molecule has 4 heteroatoms. The van der Waals surface area contributed by atoms with Crippen molar-refractivity contribution in [3.63, 3.8) is 0 Å². The van der Waals surface area contributed by atoms with Gasteiger partial charge < -0.3 is 9.84 Å². The number of Topliss-reactive ketones (excluding diaryl/α,β-unsaturated/α-hetero) is 1. The van der Waals surface area contributed by atoms with Gasteiger partial charge in [-0.1, -0.05) is 43.7 Å². The normalized spacial score (nSPS) is 32.4. The molecule has 5 atom stereocenters. The van der Waals surface area contributed by atoms with Crippen molar-refractivity contribution < 1.29 is 14.6 Å². The molecule has 1 aliphatic carbocycles. The molecular weight excluding hydrogens is 410 g/mol. The van der Waals surface area contributed by atoms with Gasteiger partial charge in [0.1, 0.15) is 5.76 Å². The molecule has 2 heterocycles. The number of aryl methyl sites for hydroxylation is 3. The van der Waals surface area contributed by atoms with E-state index in [9.17, 15) is 9.90 Å². The third-order valence-electron chi connectivity index (χ3n) is 8.79. The summed E-state index contributed by atoms with van der Waals surface area (Å²) in [6.07, 6.45) is 1.81. The number of benzene rings is 2. The van der Waals surface area contributed by atoms with Gasteiger partial charge in [-0.15, -0.1) is 0 Å². The Hall–Kier alpha value is -2.90. The molecule has 0 radical (unpaired) electrons. The maximum Gasteiger partial charge on any atom is 0.176 e. The van der Waals surface area contributed by atoms with Gasteiger partial charge in [-0.3, -0.25) is 4.79 Å². The Morgan fingerprint density at radius 3 is 2.24 bits per heavy atom. The molecule has 2 aromatic rings. The van der Waals surface area contributed by atoms with Crippen LogP contribution in [-0.2, 0) is 22.4 Å². The second kappa shape index (κ2) is 7.30. The van der Waals surface area contributed by atoms with E-state index in [0.29, 0.717) is 11.1 Å². The Bertz CT molecular complexity index is 1210. The van der Waals surface area contributed by atoms with E-state index >= 15 is 0 Å². The maximum atomic E-state index is 14.1. The highest BCUT2D eigenvalue weighted by atomic mass is 16.5. The average Bonchev–Trinajstić information content (AvgIpc) is 3.41. The minimum atomic E-state index is -0.791. The highest BCUT2D eigenvalue weighted by Gasteiger charge is 2.76. The number of allylic oxidation sites excluding steroid dienone is 1. The average molecular weight is 442 g/mol. The predicted molar refractivity (Wildman–Crippen MR) is 128 cm³/mol. The third-order valence-corrected chi connectivity index (χ3v) is 8.79. The van der Waals surface area contributed by atoms with Gasteiger partial charge in [-0.05, 0) is 74.4 Å². The summed E-state index contributed by atoms with van der Waals surface area (Å²) in [5.74, 6) is 0.278. The number of carbonyl (C=O) groups excluding carboxylic acids is 1. The Balaban J connectivity index is 1.67. The first kappa shape index (κ1) is 21.9. The fourth-order valence-electron chi connectivity index (χ4n) is 6.78. The molecule has 0 spiro atoms. The van der Waals surface area contributed by atoms with Crippen molar-refractivity contribution in [1.29, 1.82) is 5.26 Å². The number of nitrogens with zero attached hydrogens (tertiary/aromatic N) is 1. The SMILES string of the molecule is CCc1cc(C)cc(CC)c1C1=C(O)[C@]2(C)[C@@H]3O[C@@H](C[C@H]3c3ccc(C#N)cc3)[C@]2(C)C1=O. The van der Waals surface area contributed by atoms with Crippen molar-refractivity contribution in [1.82, 2.24) is 0 Å². The van der Waals surface area contributed by atoms with Crippen LogP contribution < -0.4 is 0 Å². The summed E-state index contributed by atoms with van der Waals surface area (Å²) in [4.78, 5) is 14.1. The molecule has 2 bridgehead atoms. The predicted octanol–water partition coefficient (Wildman–Crippen LogP) is 5.81.